The third-order valence-electron chi connectivity index (χ3n) is 5.70. The predicted octanol–water partition coefficient (Wildman–Crippen LogP) is 2.35. The molecule has 2 heterocycles. The molecule has 0 spiro atoms. The van der Waals surface area contributed by atoms with E-state index in [0.717, 1.165) is 29.8 Å². The van der Waals surface area contributed by atoms with Gasteiger partial charge >= 0.3 is 0 Å². The lowest BCUT2D eigenvalue weighted by molar-refractivity contribution is 0.139. The summed E-state index contributed by atoms with van der Waals surface area (Å²) < 4.78 is 0. The topological polar surface area (TPSA) is 15.3 Å². The fourth-order valence-electron chi connectivity index (χ4n) is 4.94. The van der Waals surface area contributed by atoms with Crippen LogP contribution in [-0.4, -0.2) is 36.6 Å². The van der Waals surface area contributed by atoms with Crippen molar-refractivity contribution in [1.82, 2.24) is 10.2 Å². The molecule has 3 rings (SSSR count). The van der Waals surface area contributed by atoms with Crippen LogP contribution >= 0.6 is 0 Å². The van der Waals surface area contributed by atoms with E-state index in [1.54, 1.807) is 0 Å². The zero-order valence-electron chi connectivity index (χ0n) is 11.9. The number of hydrogen-bond acceptors (Lipinski definition) is 2. The van der Waals surface area contributed by atoms with Gasteiger partial charge in [0.25, 0.3) is 0 Å². The summed E-state index contributed by atoms with van der Waals surface area (Å²) in [5, 5.41) is 3.57. The van der Waals surface area contributed by atoms with Crippen molar-refractivity contribution in [2.45, 2.75) is 52.6 Å². The molecule has 0 aromatic carbocycles. The molecule has 5 atom stereocenters. The molecule has 5 unspecified atom stereocenters. The molecule has 0 bridgehead atoms. The fourth-order valence-corrected chi connectivity index (χ4v) is 4.94. The molecule has 0 amide bonds. The third kappa shape index (κ3) is 1.94. The highest BCUT2D eigenvalue weighted by Gasteiger charge is 2.48. The van der Waals surface area contributed by atoms with E-state index >= 15 is 0 Å². The van der Waals surface area contributed by atoms with Crippen LogP contribution in [-0.2, 0) is 0 Å². The molecule has 1 N–H and O–H groups in total. The van der Waals surface area contributed by atoms with Crippen LogP contribution in [0.4, 0.5) is 0 Å². The average Bonchev–Trinajstić information content (AvgIpc) is 2.84. The van der Waals surface area contributed by atoms with Crippen molar-refractivity contribution in [1.29, 1.82) is 0 Å². The van der Waals surface area contributed by atoms with E-state index < -0.39 is 0 Å². The molecule has 2 nitrogen and oxygen atoms in total. The second kappa shape index (κ2) is 3.96. The molecule has 17 heavy (non-hydrogen) atoms. The van der Waals surface area contributed by atoms with Gasteiger partial charge in [-0.25, -0.2) is 0 Å². The quantitative estimate of drug-likeness (QED) is 0.752. The molecule has 0 aromatic heterocycles. The van der Waals surface area contributed by atoms with E-state index in [-0.39, 0.29) is 0 Å². The largest absolute Gasteiger partial charge is 0.316 e. The van der Waals surface area contributed by atoms with Crippen molar-refractivity contribution in [3.8, 4) is 0 Å². The zero-order chi connectivity index (χ0) is 12.2. The zero-order valence-corrected chi connectivity index (χ0v) is 11.9. The normalized spacial score (nSPS) is 49.8. The molecule has 0 aromatic rings. The molecule has 0 radical (unpaired) electrons. The summed E-state index contributed by atoms with van der Waals surface area (Å²) in [6.07, 6.45) is 2.82. The molecule has 98 valence electrons. The lowest BCUT2D eigenvalue weighted by atomic mass is 9.91. The Hall–Kier alpha value is -0.0800. The second-order valence-corrected chi connectivity index (χ2v) is 7.64. The molecule has 1 saturated carbocycles. The van der Waals surface area contributed by atoms with Crippen molar-refractivity contribution in [3.05, 3.63) is 0 Å². The number of nitrogens with one attached hydrogen (secondary N) is 1. The van der Waals surface area contributed by atoms with Gasteiger partial charge < -0.3 is 5.32 Å². The van der Waals surface area contributed by atoms with E-state index in [0.29, 0.717) is 5.41 Å². The first kappa shape index (κ1) is 12.0. The highest BCUT2D eigenvalue weighted by Crippen LogP contribution is 2.46. The van der Waals surface area contributed by atoms with Crippen molar-refractivity contribution in [2.24, 2.45) is 23.2 Å². The molecular formula is C15H28N2. The van der Waals surface area contributed by atoms with E-state index in [4.69, 9.17) is 0 Å². The van der Waals surface area contributed by atoms with Gasteiger partial charge in [0.05, 0.1) is 0 Å². The Bertz CT molecular complexity index is 299. The Kier molecular flexibility index (Phi) is 2.79. The van der Waals surface area contributed by atoms with Gasteiger partial charge in [-0.2, -0.15) is 0 Å². The van der Waals surface area contributed by atoms with Gasteiger partial charge in [0.2, 0.25) is 0 Å². The maximum atomic E-state index is 3.57. The van der Waals surface area contributed by atoms with Gasteiger partial charge in [-0.3, -0.25) is 4.90 Å². The van der Waals surface area contributed by atoms with Crippen LogP contribution in [0, 0.1) is 23.2 Å². The summed E-state index contributed by atoms with van der Waals surface area (Å²) in [7, 11) is 0. The van der Waals surface area contributed by atoms with E-state index in [1.165, 1.54) is 32.5 Å². The number of nitrogens with zero attached hydrogens (tertiary/aromatic N) is 1. The smallest absolute Gasteiger partial charge is 0.0129 e. The Balaban J connectivity index is 1.73. The Morgan fingerprint density at radius 2 is 1.88 bits per heavy atom. The Morgan fingerprint density at radius 3 is 2.47 bits per heavy atom. The highest BCUT2D eigenvalue weighted by atomic mass is 15.2. The first-order chi connectivity index (χ1) is 7.98. The summed E-state index contributed by atoms with van der Waals surface area (Å²) in [6, 6.07) is 1.65. The van der Waals surface area contributed by atoms with Gasteiger partial charge in [0, 0.05) is 18.6 Å². The predicted molar refractivity (Wildman–Crippen MR) is 72.0 cm³/mol. The number of hydrogen-bond donors (Lipinski definition) is 1. The highest BCUT2D eigenvalue weighted by molar-refractivity contribution is 5.02. The standard InChI is InChI=1S/C15H28N2/c1-10-5-15(3,4)6-14(10)17-9-12-7-16-8-13(12)11(17)2/h10-14,16H,5-9H2,1-4H3. The Morgan fingerprint density at radius 1 is 1.12 bits per heavy atom. The lowest BCUT2D eigenvalue weighted by Gasteiger charge is -2.33. The van der Waals surface area contributed by atoms with Gasteiger partial charge in [0.15, 0.2) is 0 Å². The van der Waals surface area contributed by atoms with Gasteiger partial charge in [0.1, 0.15) is 0 Å². The molecule has 3 aliphatic rings. The molecule has 2 heteroatoms. The summed E-state index contributed by atoms with van der Waals surface area (Å²) in [5.74, 6) is 2.74. The van der Waals surface area contributed by atoms with Crippen molar-refractivity contribution in [2.75, 3.05) is 19.6 Å². The number of likely N-dealkylation sites (tertiary alicyclic amines) is 1. The van der Waals surface area contributed by atoms with Gasteiger partial charge in [-0.05, 0) is 56.0 Å². The molecule has 3 fully saturated rings. The first-order valence-electron chi connectivity index (χ1n) is 7.44. The van der Waals surface area contributed by atoms with Crippen LogP contribution in [0.25, 0.3) is 0 Å². The minimum absolute atomic E-state index is 0.569. The van der Waals surface area contributed by atoms with Crippen LogP contribution in [0.1, 0.15) is 40.5 Å². The van der Waals surface area contributed by atoms with E-state index in [9.17, 15) is 0 Å². The van der Waals surface area contributed by atoms with Crippen LogP contribution in [0.5, 0.6) is 0 Å². The molecular weight excluding hydrogens is 208 g/mol. The first-order valence-corrected chi connectivity index (χ1v) is 7.44. The summed E-state index contributed by atoms with van der Waals surface area (Å²) in [6.45, 7) is 13.7. The fraction of sp³-hybridized carbons (Fsp3) is 1.00. The molecule has 2 aliphatic heterocycles. The van der Waals surface area contributed by atoms with Crippen LogP contribution in [0.2, 0.25) is 0 Å². The second-order valence-electron chi connectivity index (χ2n) is 7.64. The summed E-state index contributed by atoms with van der Waals surface area (Å²) in [4.78, 5) is 2.86. The van der Waals surface area contributed by atoms with Crippen molar-refractivity contribution < 1.29 is 0 Å². The lowest BCUT2D eigenvalue weighted by Crippen LogP contribution is -2.42. The maximum Gasteiger partial charge on any atom is 0.0129 e. The van der Waals surface area contributed by atoms with Gasteiger partial charge in [-0.15, -0.1) is 0 Å². The minimum Gasteiger partial charge on any atom is -0.316 e. The van der Waals surface area contributed by atoms with Crippen LogP contribution in [0.15, 0.2) is 0 Å². The monoisotopic (exact) mass is 236 g/mol. The number of fused-ring (bicyclic) bond motifs is 1. The SMILES string of the molecule is CC1CC(C)(C)CC1N1CC2CNCC2C1C. The summed E-state index contributed by atoms with van der Waals surface area (Å²) >= 11 is 0. The molecule has 1 aliphatic carbocycles. The van der Waals surface area contributed by atoms with Crippen molar-refractivity contribution in [3.63, 3.8) is 0 Å². The maximum absolute atomic E-state index is 3.57. The third-order valence-corrected chi connectivity index (χ3v) is 5.70. The number of rotatable bonds is 1. The van der Waals surface area contributed by atoms with Crippen molar-refractivity contribution >= 4 is 0 Å². The van der Waals surface area contributed by atoms with E-state index in [1.807, 2.05) is 0 Å². The van der Waals surface area contributed by atoms with Crippen LogP contribution in [0.3, 0.4) is 0 Å². The van der Waals surface area contributed by atoms with Crippen LogP contribution < -0.4 is 5.32 Å². The average molecular weight is 236 g/mol. The Labute approximate surface area is 106 Å². The summed E-state index contributed by atoms with van der Waals surface area (Å²) in [5.41, 5.74) is 0.569. The van der Waals surface area contributed by atoms with E-state index in [2.05, 4.69) is 37.9 Å². The van der Waals surface area contributed by atoms with Gasteiger partial charge in [-0.1, -0.05) is 20.8 Å². The molecule has 2 saturated heterocycles. The minimum atomic E-state index is 0.569.